The van der Waals surface area contributed by atoms with E-state index in [1.807, 2.05) is 27.0 Å². The Morgan fingerprint density at radius 1 is 1.33 bits per heavy atom. The van der Waals surface area contributed by atoms with Crippen molar-refractivity contribution in [1.82, 2.24) is 20.6 Å². The van der Waals surface area contributed by atoms with Crippen LogP contribution in [0.3, 0.4) is 0 Å². The number of hydrazone groups is 1. The number of aromatic nitrogens is 1. The third-order valence-electron chi connectivity index (χ3n) is 3.99. The maximum absolute atomic E-state index is 12.0. The van der Waals surface area contributed by atoms with Crippen molar-refractivity contribution in [3.8, 4) is 0 Å². The Kier molecular flexibility index (Phi) is 4.77. The van der Waals surface area contributed by atoms with Gasteiger partial charge in [0.05, 0.1) is 5.71 Å². The molecule has 0 radical (unpaired) electrons. The number of hydrogen-bond donors (Lipinski definition) is 3. The molecule has 0 atom stereocenters. The van der Waals surface area contributed by atoms with Crippen LogP contribution in [0.1, 0.15) is 44.0 Å². The van der Waals surface area contributed by atoms with Crippen LogP contribution in [-0.4, -0.2) is 45.5 Å². The quantitative estimate of drug-likeness (QED) is 0.428. The molecular weight excluding hydrogens is 310 g/mol. The summed E-state index contributed by atoms with van der Waals surface area (Å²) in [4.78, 5) is 39.8. The molecule has 24 heavy (non-hydrogen) atoms. The van der Waals surface area contributed by atoms with Crippen LogP contribution in [0.2, 0.25) is 0 Å². The van der Waals surface area contributed by atoms with Gasteiger partial charge in [-0.1, -0.05) is 0 Å². The normalized spacial score (nSPS) is 17.2. The third-order valence-corrected chi connectivity index (χ3v) is 3.99. The van der Waals surface area contributed by atoms with E-state index in [4.69, 9.17) is 0 Å². The van der Waals surface area contributed by atoms with Crippen molar-refractivity contribution in [2.75, 3.05) is 6.54 Å². The predicted octanol–water partition coefficient (Wildman–Crippen LogP) is 1.19. The second-order valence-corrected chi connectivity index (χ2v) is 6.47. The molecule has 1 aromatic heterocycles. The number of aryl methyl sites for hydroxylation is 2. The number of carbonyl (C=O) groups is 3. The fourth-order valence-corrected chi connectivity index (χ4v) is 2.71. The molecule has 0 bridgehead atoms. The molecule has 130 valence electrons. The molecule has 4 amide bonds. The number of carbonyl (C=O) groups excluding carboxylic acids is 3. The highest BCUT2D eigenvalue weighted by Gasteiger charge is 2.43. The van der Waals surface area contributed by atoms with Crippen LogP contribution < -0.4 is 10.7 Å². The molecule has 8 nitrogen and oxygen atoms in total. The largest absolute Gasteiger partial charge is 0.364 e. The minimum absolute atomic E-state index is 0.00286. The first kappa shape index (κ1) is 17.7. The van der Waals surface area contributed by atoms with Crippen LogP contribution in [-0.2, 0) is 9.59 Å². The van der Waals surface area contributed by atoms with E-state index in [1.165, 1.54) is 0 Å². The van der Waals surface area contributed by atoms with Crippen LogP contribution in [0.25, 0.3) is 0 Å². The van der Waals surface area contributed by atoms with Crippen LogP contribution in [0.4, 0.5) is 4.79 Å². The standard InChI is InChI=1S/C16H23N5O3/c1-9-8-17-10(2)13(9)11(3)19-20-12(22)6-7-21-14(23)16(4,5)18-15(21)24/h8,17H,6-7H2,1-5H3,(H,18,24)(H,20,22)/b19-11+. The van der Waals surface area contributed by atoms with Crippen LogP contribution in [0.5, 0.6) is 0 Å². The Morgan fingerprint density at radius 2 is 2.00 bits per heavy atom. The number of aromatic amines is 1. The highest BCUT2D eigenvalue weighted by Crippen LogP contribution is 2.16. The van der Waals surface area contributed by atoms with Crippen LogP contribution in [0.15, 0.2) is 11.3 Å². The van der Waals surface area contributed by atoms with Gasteiger partial charge in [0.15, 0.2) is 0 Å². The van der Waals surface area contributed by atoms with Crippen molar-refractivity contribution in [3.05, 3.63) is 23.0 Å². The summed E-state index contributed by atoms with van der Waals surface area (Å²) in [5.74, 6) is -0.691. The average molecular weight is 333 g/mol. The van der Waals surface area contributed by atoms with Gasteiger partial charge in [-0.05, 0) is 40.2 Å². The van der Waals surface area contributed by atoms with Crippen LogP contribution in [0, 0.1) is 13.8 Å². The van der Waals surface area contributed by atoms with Gasteiger partial charge in [-0.3, -0.25) is 14.5 Å². The van der Waals surface area contributed by atoms with Gasteiger partial charge < -0.3 is 10.3 Å². The van der Waals surface area contributed by atoms with Gasteiger partial charge in [0.1, 0.15) is 5.54 Å². The molecule has 0 aromatic carbocycles. The van der Waals surface area contributed by atoms with Crippen LogP contribution >= 0.6 is 0 Å². The lowest BCUT2D eigenvalue weighted by Crippen LogP contribution is -2.40. The predicted molar refractivity (Wildman–Crippen MR) is 89.6 cm³/mol. The molecule has 0 unspecified atom stereocenters. The van der Waals surface area contributed by atoms with Crippen molar-refractivity contribution >= 4 is 23.6 Å². The highest BCUT2D eigenvalue weighted by molar-refractivity contribution is 6.06. The maximum Gasteiger partial charge on any atom is 0.325 e. The van der Waals surface area contributed by atoms with E-state index in [0.29, 0.717) is 5.71 Å². The Balaban J connectivity index is 1.92. The molecule has 2 heterocycles. The molecule has 1 aliphatic rings. The lowest BCUT2D eigenvalue weighted by Gasteiger charge is -2.15. The van der Waals surface area contributed by atoms with Gasteiger partial charge in [0.25, 0.3) is 5.91 Å². The zero-order valence-corrected chi connectivity index (χ0v) is 14.6. The fourth-order valence-electron chi connectivity index (χ4n) is 2.71. The minimum Gasteiger partial charge on any atom is -0.364 e. The lowest BCUT2D eigenvalue weighted by molar-refractivity contribution is -0.130. The number of nitrogens with one attached hydrogen (secondary N) is 3. The minimum atomic E-state index is -0.925. The van der Waals surface area contributed by atoms with Gasteiger partial charge in [0, 0.05) is 30.4 Å². The molecule has 0 spiro atoms. The highest BCUT2D eigenvalue weighted by atomic mass is 16.2. The summed E-state index contributed by atoms with van der Waals surface area (Å²) in [6.07, 6.45) is 1.88. The van der Waals surface area contributed by atoms with E-state index in [9.17, 15) is 14.4 Å². The van der Waals surface area contributed by atoms with Crippen molar-refractivity contribution in [1.29, 1.82) is 0 Å². The van der Waals surface area contributed by atoms with E-state index in [2.05, 4.69) is 20.8 Å². The average Bonchev–Trinajstić information content (AvgIpc) is 2.92. The van der Waals surface area contributed by atoms with Gasteiger partial charge in [-0.15, -0.1) is 0 Å². The monoisotopic (exact) mass is 333 g/mol. The Morgan fingerprint density at radius 3 is 2.50 bits per heavy atom. The summed E-state index contributed by atoms with van der Waals surface area (Å²) in [5.41, 5.74) is 5.22. The van der Waals surface area contributed by atoms with Crippen molar-refractivity contribution in [2.45, 2.75) is 46.6 Å². The number of nitrogens with zero attached hydrogens (tertiary/aromatic N) is 2. The number of hydrogen-bond acceptors (Lipinski definition) is 4. The van der Waals surface area contributed by atoms with Crippen molar-refractivity contribution < 1.29 is 14.4 Å². The van der Waals surface area contributed by atoms with E-state index >= 15 is 0 Å². The summed E-state index contributed by atoms with van der Waals surface area (Å²) < 4.78 is 0. The van der Waals surface area contributed by atoms with Gasteiger partial charge in [-0.25, -0.2) is 10.2 Å². The number of urea groups is 1. The molecule has 1 saturated heterocycles. The first-order chi connectivity index (χ1) is 11.1. The molecular formula is C16H23N5O3. The molecule has 2 rings (SSSR count). The van der Waals surface area contributed by atoms with Crippen molar-refractivity contribution in [2.24, 2.45) is 5.10 Å². The number of imide groups is 1. The first-order valence-electron chi connectivity index (χ1n) is 7.75. The lowest BCUT2D eigenvalue weighted by atomic mass is 10.1. The second kappa shape index (κ2) is 6.46. The molecule has 3 N–H and O–H groups in total. The zero-order valence-electron chi connectivity index (χ0n) is 14.6. The van der Waals surface area contributed by atoms with Gasteiger partial charge in [-0.2, -0.15) is 5.10 Å². The van der Waals surface area contributed by atoms with Gasteiger partial charge >= 0.3 is 6.03 Å². The maximum atomic E-state index is 12.0. The number of amides is 4. The first-order valence-corrected chi connectivity index (χ1v) is 7.75. The molecule has 1 fully saturated rings. The Labute approximate surface area is 140 Å². The molecule has 1 aromatic rings. The molecule has 0 aliphatic carbocycles. The Hall–Kier alpha value is -2.64. The second-order valence-electron chi connectivity index (χ2n) is 6.47. The number of rotatable bonds is 5. The molecule has 0 saturated carbocycles. The zero-order chi connectivity index (χ0) is 18.1. The van der Waals surface area contributed by atoms with E-state index in [0.717, 1.165) is 21.7 Å². The molecule has 1 aliphatic heterocycles. The van der Waals surface area contributed by atoms with E-state index in [1.54, 1.807) is 13.8 Å². The topological polar surface area (TPSA) is 107 Å². The number of H-pyrrole nitrogens is 1. The Bertz CT molecular complexity index is 698. The molecule has 8 heteroatoms. The van der Waals surface area contributed by atoms with Gasteiger partial charge in [0.2, 0.25) is 5.91 Å². The summed E-state index contributed by atoms with van der Waals surface area (Å²) in [6, 6.07) is -0.476. The fraction of sp³-hybridized carbons (Fsp3) is 0.500. The third kappa shape index (κ3) is 3.47. The van der Waals surface area contributed by atoms with Crippen molar-refractivity contribution in [3.63, 3.8) is 0 Å². The SMILES string of the molecule is C/C(=N\NC(=O)CCN1C(=O)NC(C)(C)C1=O)c1c(C)c[nH]c1C. The smallest absolute Gasteiger partial charge is 0.325 e. The van der Waals surface area contributed by atoms with E-state index < -0.39 is 11.6 Å². The summed E-state index contributed by atoms with van der Waals surface area (Å²) in [6.45, 7) is 8.98. The summed E-state index contributed by atoms with van der Waals surface area (Å²) in [5, 5.41) is 6.67. The van der Waals surface area contributed by atoms with E-state index in [-0.39, 0.29) is 24.8 Å². The summed E-state index contributed by atoms with van der Waals surface area (Å²) >= 11 is 0. The summed E-state index contributed by atoms with van der Waals surface area (Å²) in [7, 11) is 0.